The third-order valence-electron chi connectivity index (χ3n) is 3.44. The minimum Gasteiger partial charge on any atom is -0.490 e. The van der Waals surface area contributed by atoms with Crippen LogP contribution in [0.3, 0.4) is 0 Å². The van der Waals surface area contributed by atoms with E-state index < -0.39 is 6.10 Å². The Labute approximate surface area is 140 Å². The zero-order chi connectivity index (χ0) is 16.6. The van der Waals surface area contributed by atoms with E-state index in [0.717, 1.165) is 5.75 Å². The molecule has 0 radical (unpaired) electrons. The van der Waals surface area contributed by atoms with Crippen molar-refractivity contribution in [2.24, 2.45) is 0 Å². The van der Waals surface area contributed by atoms with Gasteiger partial charge in [-0.15, -0.1) is 0 Å². The molecule has 0 unspecified atom stereocenters. The molecular weight excluding hydrogens is 304 g/mol. The van der Waals surface area contributed by atoms with E-state index in [1.807, 2.05) is 59.3 Å². The molecule has 5 nitrogen and oxygen atoms in total. The average molecular weight is 322 g/mol. The van der Waals surface area contributed by atoms with E-state index in [2.05, 4.69) is 4.98 Å². The van der Waals surface area contributed by atoms with Crippen LogP contribution in [0.2, 0.25) is 0 Å². The maximum atomic E-state index is 12.3. The first-order valence-corrected chi connectivity index (χ1v) is 7.71. The van der Waals surface area contributed by atoms with Crippen LogP contribution in [0.4, 0.5) is 0 Å². The molecule has 1 heterocycles. The monoisotopic (exact) mass is 322 g/mol. The summed E-state index contributed by atoms with van der Waals surface area (Å²) in [5.74, 6) is 0.376. The summed E-state index contributed by atoms with van der Waals surface area (Å²) in [7, 11) is 0. The molecule has 0 aliphatic rings. The van der Waals surface area contributed by atoms with Crippen molar-refractivity contribution in [2.45, 2.75) is 12.6 Å². The summed E-state index contributed by atoms with van der Waals surface area (Å²) in [4.78, 5) is 16.3. The van der Waals surface area contributed by atoms with E-state index in [-0.39, 0.29) is 12.6 Å². The van der Waals surface area contributed by atoms with Gasteiger partial charge in [-0.1, -0.05) is 36.4 Å². The van der Waals surface area contributed by atoms with Crippen LogP contribution in [0.5, 0.6) is 5.75 Å². The van der Waals surface area contributed by atoms with Crippen molar-refractivity contribution >= 4 is 5.97 Å². The quantitative estimate of drug-likeness (QED) is 0.627. The van der Waals surface area contributed by atoms with Crippen LogP contribution < -0.4 is 4.74 Å². The lowest BCUT2D eigenvalue weighted by molar-refractivity contribution is 0.0125. The smallest absolute Gasteiger partial charge is 0.338 e. The zero-order valence-electron chi connectivity index (χ0n) is 13.1. The van der Waals surface area contributed by atoms with Crippen molar-refractivity contribution in [3.05, 3.63) is 84.9 Å². The summed E-state index contributed by atoms with van der Waals surface area (Å²) in [6.07, 6.45) is 4.78. The van der Waals surface area contributed by atoms with Crippen LogP contribution in [-0.4, -0.2) is 28.2 Å². The molecule has 0 saturated carbocycles. The van der Waals surface area contributed by atoms with Crippen LogP contribution in [0, 0.1) is 0 Å². The Bertz CT molecular complexity index is 743. The number of hydrogen-bond donors (Lipinski definition) is 0. The van der Waals surface area contributed by atoms with Crippen molar-refractivity contribution in [1.29, 1.82) is 0 Å². The second-order valence-electron chi connectivity index (χ2n) is 5.28. The second kappa shape index (κ2) is 7.97. The van der Waals surface area contributed by atoms with Crippen molar-refractivity contribution in [3.63, 3.8) is 0 Å². The number of carbonyl (C=O) groups is 1. The topological polar surface area (TPSA) is 53.4 Å². The minimum atomic E-state index is -0.424. The Morgan fingerprint density at radius 1 is 1.04 bits per heavy atom. The number of nitrogens with zero attached hydrogens (tertiary/aromatic N) is 2. The minimum absolute atomic E-state index is 0.265. The summed E-state index contributed by atoms with van der Waals surface area (Å²) < 4.78 is 13.2. The lowest BCUT2D eigenvalue weighted by Gasteiger charge is -2.19. The Morgan fingerprint density at radius 3 is 2.42 bits per heavy atom. The molecule has 0 amide bonds. The average Bonchev–Trinajstić information content (AvgIpc) is 3.14. The largest absolute Gasteiger partial charge is 0.490 e. The van der Waals surface area contributed by atoms with E-state index in [9.17, 15) is 4.79 Å². The van der Waals surface area contributed by atoms with Gasteiger partial charge >= 0.3 is 5.97 Å². The summed E-state index contributed by atoms with van der Waals surface area (Å²) in [5, 5.41) is 0. The summed E-state index contributed by atoms with van der Waals surface area (Å²) >= 11 is 0. The van der Waals surface area contributed by atoms with Crippen LogP contribution in [-0.2, 0) is 11.3 Å². The molecule has 2 aromatic carbocycles. The van der Waals surface area contributed by atoms with Crippen LogP contribution >= 0.6 is 0 Å². The number of benzene rings is 2. The van der Waals surface area contributed by atoms with Gasteiger partial charge in [0.1, 0.15) is 12.4 Å². The van der Waals surface area contributed by atoms with Crippen molar-refractivity contribution in [2.75, 3.05) is 6.61 Å². The van der Waals surface area contributed by atoms with Crippen LogP contribution in [0.1, 0.15) is 10.4 Å². The highest BCUT2D eigenvalue weighted by Crippen LogP contribution is 2.11. The molecule has 0 N–H and O–H groups in total. The molecule has 0 aliphatic carbocycles. The molecule has 1 atom stereocenters. The highest BCUT2D eigenvalue weighted by atomic mass is 16.6. The van der Waals surface area contributed by atoms with E-state index in [1.165, 1.54) is 0 Å². The highest BCUT2D eigenvalue weighted by molar-refractivity contribution is 5.89. The Kier molecular flexibility index (Phi) is 5.24. The van der Waals surface area contributed by atoms with Crippen molar-refractivity contribution < 1.29 is 14.3 Å². The lowest BCUT2D eigenvalue weighted by atomic mass is 10.2. The van der Waals surface area contributed by atoms with Crippen molar-refractivity contribution in [1.82, 2.24) is 9.55 Å². The molecule has 0 bridgehead atoms. The third kappa shape index (κ3) is 4.46. The molecule has 0 aliphatic heterocycles. The van der Waals surface area contributed by atoms with E-state index in [0.29, 0.717) is 12.1 Å². The summed E-state index contributed by atoms with van der Waals surface area (Å²) in [5.41, 5.74) is 0.521. The molecule has 3 rings (SSSR count). The predicted molar refractivity (Wildman–Crippen MR) is 89.8 cm³/mol. The Balaban J connectivity index is 1.66. The van der Waals surface area contributed by atoms with Gasteiger partial charge in [0.25, 0.3) is 0 Å². The number of rotatable bonds is 7. The van der Waals surface area contributed by atoms with Crippen molar-refractivity contribution in [3.8, 4) is 5.75 Å². The van der Waals surface area contributed by atoms with E-state index >= 15 is 0 Å². The fourth-order valence-corrected chi connectivity index (χ4v) is 2.25. The molecular formula is C19H18N2O3. The molecule has 0 spiro atoms. The molecule has 24 heavy (non-hydrogen) atoms. The van der Waals surface area contributed by atoms with Gasteiger partial charge < -0.3 is 14.0 Å². The molecule has 0 fully saturated rings. The Morgan fingerprint density at radius 2 is 1.75 bits per heavy atom. The lowest BCUT2D eigenvalue weighted by Crippen LogP contribution is -2.29. The fraction of sp³-hybridized carbons (Fsp3) is 0.158. The maximum Gasteiger partial charge on any atom is 0.338 e. The number of esters is 1. The number of aromatic nitrogens is 2. The highest BCUT2D eigenvalue weighted by Gasteiger charge is 2.17. The summed E-state index contributed by atoms with van der Waals surface area (Å²) in [6, 6.07) is 18.4. The Hall–Kier alpha value is -3.08. The van der Waals surface area contributed by atoms with Gasteiger partial charge in [-0.05, 0) is 24.3 Å². The van der Waals surface area contributed by atoms with Gasteiger partial charge in [-0.25, -0.2) is 9.78 Å². The molecule has 122 valence electrons. The third-order valence-corrected chi connectivity index (χ3v) is 3.44. The number of imidazole rings is 1. The van der Waals surface area contributed by atoms with Gasteiger partial charge in [0.15, 0.2) is 6.10 Å². The fourth-order valence-electron chi connectivity index (χ4n) is 2.25. The SMILES string of the molecule is O=C(O[C@H](COc1ccccc1)Cn1ccnc1)c1ccccc1. The first-order chi connectivity index (χ1) is 11.8. The summed E-state index contributed by atoms with van der Waals surface area (Å²) in [6.45, 7) is 0.742. The molecule has 0 saturated heterocycles. The van der Waals surface area contributed by atoms with Crippen LogP contribution in [0.15, 0.2) is 79.4 Å². The van der Waals surface area contributed by atoms with Gasteiger partial charge in [0, 0.05) is 12.4 Å². The van der Waals surface area contributed by atoms with E-state index in [1.54, 1.807) is 24.7 Å². The molecule has 3 aromatic rings. The van der Waals surface area contributed by atoms with E-state index in [4.69, 9.17) is 9.47 Å². The standard InChI is InChI=1S/C19H18N2O3/c22-19(16-7-3-1-4-8-16)24-18(13-21-12-11-20-15-21)14-23-17-9-5-2-6-10-17/h1-12,15,18H,13-14H2/t18-/m0/s1. The number of carbonyl (C=O) groups excluding carboxylic acids is 1. The van der Waals surface area contributed by atoms with Gasteiger partial charge in [0.05, 0.1) is 18.4 Å². The number of para-hydroxylation sites is 1. The molecule has 1 aromatic heterocycles. The van der Waals surface area contributed by atoms with Crippen LogP contribution in [0.25, 0.3) is 0 Å². The van der Waals surface area contributed by atoms with Gasteiger partial charge in [-0.3, -0.25) is 0 Å². The molecule has 5 heteroatoms. The zero-order valence-corrected chi connectivity index (χ0v) is 13.1. The second-order valence-corrected chi connectivity index (χ2v) is 5.28. The number of ether oxygens (including phenoxy) is 2. The predicted octanol–water partition coefficient (Wildman–Crippen LogP) is 3.19. The first-order valence-electron chi connectivity index (χ1n) is 7.71. The van der Waals surface area contributed by atoms with Gasteiger partial charge in [-0.2, -0.15) is 0 Å². The first kappa shape index (κ1) is 15.8. The van der Waals surface area contributed by atoms with Gasteiger partial charge in [0.2, 0.25) is 0 Å². The number of hydrogen-bond acceptors (Lipinski definition) is 4. The normalized spacial score (nSPS) is 11.7. The maximum absolute atomic E-state index is 12.3.